The predicted octanol–water partition coefficient (Wildman–Crippen LogP) is 3.24. The van der Waals surface area contributed by atoms with E-state index in [0.29, 0.717) is 12.5 Å². The minimum absolute atomic E-state index is 0.392. The number of ether oxygens (including phenoxy) is 1. The first-order valence-electron chi connectivity index (χ1n) is 6.85. The summed E-state index contributed by atoms with van der Waals surface area (Å²) in [5.41, 5.74) is 10.4. The van der Waals surface area contributed by atoms with E-state index in [0.717, 1.165) is 11.4 Å². The van der Waals surface area contributed by atoms with Crippen LogP contribution in [0.1, 0.15) is 16.7 Å². The molecule has 0 heterocycles. The molecule has 2 aromatic carbocycles. The first-order valence-corrected chi connectivity index (χ1v) is 6.85. The minimum Gasteiger partial charge on any atom is -0.497 e. The van der Waals surface area contributed by atoms with Gasteiger partial charge in [0.05, 0.1) is 13.7 Å². The van der Waals surface area contributed by atoms with E-state index >= 15 is 0 Å². The number of methoxy groups -OCH3 is 1. The van der Waals surface area contributed by atoms with Crippen LogP contribution >= 0.6 is 0 Å². The van der Waals surface area contributed by atoms with Gasteiger partial charge in [0.15, 0.2) is 5.96 Å². The number of benzene rings is 2. The predicted molar refractivity (Wildman–Crippen MR) is 87.9 cm³/mol. The van der Waals surface area contributed by atoms with Gasteiger partial charge in [-0.2, -0.15) is 0 Å². The maximum atomic E-state index is 5.92. The van der Waals surface area contributed by atoms with Crippen molar-refractivity contribution in [3.63, 3.8) is 0 Å². The molecule has 0 fully saturated rings. The molecule has 0 aliphatic heterocycles. The second-order valence-electron chi connectivity index (χ2n) is 4.99. The highest BCUT2D eigenvalue weighted by Gasteiger charge is 2.00. The highest BCUT2D eigenvalue weighted by atomic mass is 16.5. The third-order valence-corrected chi connectivity index (χ3v) is 3.26. The van der Waals surface area contributed by atoms with Crippen LogP contribution in [0.25, 0.3) is 0 Å². The van der Waals surface area contributed by atoms with E-state index in [9.17, 15) is 0 Å². The van der Waals surface area contributed by atoms with E-state index < -0.39 is 0 Å². The number of nitrogens with two attached hydrogens (primary N) is 1. The van der Waals surface area contributed by atoms with E-state index in [1.807, 2.05) is 24.3 Å². The maximum Gasteiger partial charge on any atom is 0.193 e. The zero-order valence-electron chi connectivity index (χ0n) is 12.7. The van der Waals surface area contributed by atoms with Crippen LogP contribution in [0.15, 0.2) is 47.5 Å². The summed E-state index contributed by atoms with van der Waals surface area (Å²) in [6.07, 6.45) is 0. The largest absolute Gasteiger partial charge is 0.497 e. The van der Waals surface area contributed by atoms with E-state index in [1.54, 1.807) is 7.11 Å². The number of guanidine groups is 1. The first kappa shape index (κ1) is 14.9. The van der Waals surface area contributed by atoms with Crippen molar-refractivity contribution >= 4 is 11.6 Å². The lowest BCUT2D eigenvalue weighted by atomic mass is 10.1. The van der Waals surface area contributed by atoms with Crippen LogP contribution in [-0.2, 0) is 6.54 Å². The lowest BCUT2D eigenvalue weighted by Gasteiger charge is -2.08. The summed E-state index contributed by atoms with van der Waals surface area (Å²) in [4.78, 5) is 4.38. The summed E-state index contributed by atoms with van der Waals surface area (Å²) >= 11 is 0. The van der Waals surface area contributed by atoms with Gasteiger partial charge in [-0.05, 0) is 37.1 Å². The molecule has 0 spiro atoms. The molecule has 0 bridgehead atoms. The SMILES string of the molecule is COc1cccc(NC(N)=NCc2ccc(C)cc2C)c1. The molecule has 4 nitrogen and oxygen atoms in total. The Hall–Kier alpha value is -2.49. The number of aliphatic imine (C=N–C) groups is 1. The molecule has 0 atom stereocenters. The summed E-state index contributed by atoms with van der Waals surface area (Å²) in [7, 11) is 1.64. The minimum atomic E-state index is 0.392. The molecule has 0 aliphatic carbocycles. The van der Waals surface area contributed by atoms with Crippen molar-refractivity contribution in [1.82, 2.24) is 0 Å². The van der Waals surface area contributed by atoms with Gasteiger partial charge in [0, 0.05) is 11.8 Å². The topological polar surface area (TPSA) is 59.6 Å². The second kappa shape index (κ2) is 6.79. The Balaban J connectivity index is 2.03. The zero-order chi connectivity index (χ0) is 15.2. The van der Waals surface area contributed by atoms with E-state index in [4.69, 9.17) is 10.5 Å². The number of anilines is 1. The molecule has 3 N–H and O–H groups in total. The van der Waals surface area contributed by atoms with Crippen molar-refractivity contribution in [2.75, 3.05) is 12.4 Å². The van der Waals surface area contributed by atoms with Crippen molar-refractivity contribution in [3.05, 3.63) is 59.2 Å². The van der Waals surface area contributed by atoms with Crippen molar-refractivity contribution in [2.24, 2.45) is 10.7 Å². The average Bonchev–Trinajstić information content (AvgIpc) is 2.46. The van der Waals surface area contributed by atoms with E-state index in [1.165, 1.54) is 16.7 Å². The monoisotopic (exact) mass is 283 g/mol. The normalized spacial score (nSPS) is 11.3. The van der Waals surface area contributed by atoms with Crippen LogP contribution in [0.3, 0.4) is 0 Å². The zero-order valence-corrected chi connectivity index (χ0v) is 12.7. The molecular formula is C17H21N3O. The summed E-state index contributed by atoms with van der Waals surface area (Å²) in [6.45, 7) is 4.73. The van der Waals surface area contributed by atoms with Gasteiger partial charge in [0.1, 0.15) is 5.75 Å². The molecule has 0 saturated heterocycles. The number of nitrogens with zero attached hydrogens (tertiary/aromatic N) is 1. The Morgan fingerprint density at radius 1 is 1.19 bits per heavy atom. The van der Waals surface area contributed by atoms with Crippen LogP contribution in [-0.4, -0.2) is 13.1 Å². The number of hydrogen-bond acceptors (Lipinski definition) is 2. The third kappa shape index (κ3) is 4.24. The van der Waals surface area contributed by atoms with Crippen molar-refractivity contribution in [3.8, 4) is 5.75 Å². The third-order valence-electron chi connectivity index (χ3n) is 3.26. The maximum absolute atomic E-state index is 5.92. The number of rotatable bonds is 4. The number of hydrogen-bond donors (Lipinski definition) is 2. The smallest absolute Gasteiger partial charge is 0.193 e. The molecule has 0 amide bonds. The molecule has 0 aliphatic rings. The number of aryl methyl sites for hydroxylation is 2. The Morgan fingerprint density at radius 2 is 2.00 bits per heavy atom. The standard InChI is InChI=1S/C17H21N3O/c1-12-7-8-14(13(2)9-12)11-19-17(18)20-15-5-4-6-16(10-15)21-3/h4-10H,11H2,1-3H3,(H3,18,19,20). The molecule has 0 unspecified atom stereocenters. The number of nitrogens with one attached hydrogen (secondary N) is 1. The lowest BCUT2D eigenvalue weighted by molar-refractivity contribution is 0.415. The van der Waals surface area contributed by atoms with Crippen LogP contribution in [0.5, 0.6) is 5.75 Å². The van der Waals surface area contributed by atoms with Crippen LogP contribution in [0.4, 0.5) is 5.69 Å². The quantitative estimate of drug-likeness (QED) is 0.669. The average molecular weight is 283 g/mol. The molecule has 2 aromatic rings. The summed E-state index contributed by atoms with van der Waals surface area (Å²) in [6, 6.07) is 13.9. The fraction of sp³-hybridized carbons (Fsp3) is 0.235. The van der Waals surface area contributed by atoms with Crippen molar-refractivity contribution in [1.29, 1.82) is 0 Å². The molecule has 2 rings (SSSR count). The molecule has 21 heavy (non-hydrogen) atoms. The second-order valence-corrected chi connectivity index (χ2v) is 4.99. The van der Waals surface area contributed by atoms with Crippen LogP contribution in [0.2, 0.25) is 0 Å². The molecule has 0 saturated carbocycles. The summed E-state index contributed by atoms with van der Waals surface area (Å²) < 4.78 is 5.17. The van der Waals surface area contributed by atoms with Gasteiger partial charge in [-0.3, -0.25) is 0 Å². The first-order chi connectivity index (χ1) is 10.1. The summed E-state index contributed by atoms with van der Waals surface area (Å²) in [5, 5.41) is 3.07. The molecular weight excluding hydrogens is 262 g/mol. The summed E-state index contributed by atoms with van der Waals surface area (Å²) in [5.74, 6) is 1.17. The fourth-order valence-corrected chi connectivity index (χ4v) is 2.08. The van der Waals surface area contributed by atoms with Crippen LogP contribution < -0.4 is 15.8 Å². The Morgan fingerprint density at radius 3 is 2.71 bits per heavy atom. The van der Waals surface area contributed by atoms with Gasteiger partial charge in [-0.15, -0.1) is 0 Å². The fourth-order valence-electron chi connectivity index (χ4n) is 2.08. The van der Waals surface area contributed by atoms with Gasteiger partial charge in [0.2, 0.25) is 0 Å². The lowest BCUT2D eigenvalue weighted by Crippen LogP contribution is -2.22. The Bertz CT molecular complexity index is 650. The van der Waals surface area contributed by atoms with Crippen molar-refractivity contribution in [2.45, 2.75) is 20.4 Å². The molecule has 4 heteroatoms. The van der Waals surface area contributed by atoms with Gasteiger partial charge < -0.3 is 15.8 Å². The van der Waals surface area contributed by atoms with E-state index in [2.05, 4.69) is 42.4 Å². The van der Waals surface area contributed by atoms with Gasteiger partial charge in [-0.25, -0.2) is 4.99 Å². The Labute approximate surface area is 125 Å². The highest BCUT2D eigenvalue weighted by Crippen LogP contribution is 2.16. The van der Waals surface area contributed by atoms with Crippen molar-refractivity contribution < 1.29 is 4.74 Å². The highest BCUT2D eigenvalue weighted by molar-refractivity contribution is 5.92. The van der Waals surface area contributed by atoms with Gasteiger partial charge >= 0.3 is 0 Å². The van der Waals surface area contributed by atoms with Gasteiger partial charge in [0.25, 0.3) is 0 Å². The molecule has 0 aromatic heterocycles. The molecule has 0 radical (unpaired) electrons. The van der Waals surface area contributed by atoms with E-state index in [-0.39, 0.29) is 0 Å². The molecule has 110 valence electrons. The van der Waals surface area contributed by atoms with Gasteiger partial charge in [-0.1, -0.05) is 29.8 Å². The van der Waals surface area contributed by atoms with Crippen LogP contribution in [0, 0.1) is 13.8 Å². The Kier molecular flexibility index (Phi) is 4.82.